The van der Waals surface area contributed by atoms with Crippen LogP contribution in [0.5, 0.6) is 0 Å². The molecule has 0 spiro atoms. The van der Waals surface area contributed by atoms with E-state index in [9.17, 15) is 4.79 Å². The van der Waals surface area contributed by atoms with Gasteiger partial charge in [0.05, 0.1) is 16.4 Å². The lowest BCUT2D eigenvalue weighted by Gasteiger charge is -2.02. The Kier molecular flexibility index (Phi) is 2.97. The summed E-state index contributed by atoms with van der Waals surface area (Å²) >= 11 is 5.68. The topological polar surface area (TPSA) is 96.7 Å². The molecule has 0 unspecified atom stereocenters. The minimum absolute atomic E-state index is 0.152. The van der Waals surface area contributed by atoms with Gasteiger partial charge in [-0.1, -0.05) is 11.6 Å². The maximum Gasteiger partial charge on any atom is 0.279 e. The summed E-state index contributed by atoms with van der Waals surface area (Å²) < 4.78 is 0. The Labute approximate surface area is 102 Å². The highest BCUT2D eigenvalue weighted by Crippen LogP contribution is 2.15. The summed E-state index contributed by atoms with van der Waals surface area (Å²) in [4.78, 5) is 15.7. The third-order valence-electron chi connectivity index (χ3n) is 2.18. The van der Waals surface area contributed by atoms with Gasteiger partial charge in [0.2, 0.25) is 0 Å². The van der Waals surface area contributed by atoms with E-state index in [2.05, 4.69) is 20.5 Å². The normalized spacial score (nSPS) is 10.2. The lowest BCUT2D eigenvalue weighted by atomic mass is 10.3. The molecule has 0 bridgehead atoms. The van der Waals surface area contributed by atoms with Crippen LogP contribution in [0.25, 0.3) is 0 Å². The summed E-state index contributed by atoms with van der Waals surface area (Å²) in [6.07, 6.45) is 1.44. The number of aryl methyl sites for hydroxylation is 1. The van der Waals surface area contributed by atoms with Crippen molar-refractivity contribution in [2.45, 2.75) is 6.92 Å². The van der Waals surface area contributed by atoms with Crippen molar-refractivity contribution < 1.29 is 4.79 Å². The maximum atomic E-state index is 11.8. The fraction of sp³-hybridized carbons (Fsp3) is 0.100. The Morgan fingerprint density at radius 1 is 1.53 bits per heavy atom. The average molecular weight is 252 g/mol. The number of carbonyl (C=O) groups is 1. The fourth-order valence-electron chi connectivity index (χ4n) is 1.24. The van der Waals surface area contributed by atoms with Gasteiger partial charge in [-0.3, -0.25) is 9.89 Å². The number of hydrogen-bond acceptors (Lipinski definition) is 4. The molecule has 0 aromatic carbocycles. The Hall–Kier alpha value is -2.08. The first kappa shape index (κ1) is 11.4. The van der Waals surface area contributed by atoms with Gasteiger partial charge >= 0.3 is 0 Å². The van der Waals surface area contributed by atoms with E-state index < -0.39 is 5.91 Å². The third-order valence-corrected chi connectivity index (χ3v) is 2.40. The molecule has 1 amide bonds. The molecule has 2 heterocycles. The molecular weight excluding hydrogens is 242 g/mol. The van der Waals surface area contributed by atoms with Gasteiger partial charge in [0.25, 0.3) is 5.91 Å². The van der Waals surface area contributed by atoms with Crippen LogP contribution in [-0.4, -0.2) is 21.1 Å². The number of anilines is 2. The van der Waals surface area contributed by atoms with Gasteiger partial charge in [0, 0.05) is 6.20 Å². The molecule has 0 atom stereocenters. The van der Waals surface area contributed by atoms with Gasteiger partial charge in [0.1, 0.15) is 5.82 Å². The number of nitrogen functional groups attached to an aromatic ring is 1. The first-order valence-electron chi connectivity index (χ1n) is 4.81. The van der Waals surface area contributed by atoms with Crippen molar-refractivity contribution in [1.29, 1.82) is 0 Å². The van der Waals surface area contributed by atoms with E-state index in [0.717, 1.165) is 0 Å². The molecule has 0 fully saturated rings. The van der Waals surface area contributed by atoms with Crippen LogP contribution in [0.4, 0.5) is 11.5 Å². The zero-order valence-electron chi connectivity index (χ0n) is 8.99. The number of aromatic amines is 1. The number of pyridine rings is 1. The molecule has 0 aliphatic rings. The molecular formula is C10H10ClN5O. The second kappa shape index (κ2) is 4.42. The zero-order valence-corrected chi connectivity index (χ0v) is 9.75. The number of nitrogens with zero attached hydrogens (tertiary/aromatic N) is 2. The number of rotatable bonds is 2. The van der Waals surface area contributed by atoms with Crippen LogP contribution in [-0.2, 0) is 0 Å². The lowest BCUT2D eigenvalue weighted by molar-refractivity contribution is 0.102. The van der Waals surface area contributed by atoms with E-state index in [0.29, 0.717) is 22.2 Å². The van der Waals surface area contributed by atoms with Crippen molar-refractivity contribution in [3.8, 4) is 0 Å². The average Bonchev–Trinajstić information content (AvgIpc) is 2.63. The fourth-order valence-corrected chi connectivity index (χ4v) is 1.35. The molecule has 0 aliphatic heterocycles. The predicted molar refractivity (Wildman–Crippen MR) is 64.9 cm³/mol. The second-order valence-electron chi connectivity index (χ2n) is 3.43. The SMILES string of the molecule is Cc1[nH]nc(C(=O)Nc2ccc(Cl)cn2)c1N. The predicted octanol–water partition coefficient (Wildman–Crippen LogP) is 1.60. The monoisotopic (exact) mass is 251 g/mol. The standard InChI is InChI=1S/C10H10ClN5O/c1-5-8(12)9(16-15-5)10(17)14-7-3-2-6(11)4-13-7/h2-4H,12H2,1H3,(H,15,16)(H,13,14,17). The Morgan fingerprint density at radius 2 is 2.29 bits per heavy atom. The highest BCUT2D eigenvalue weighted by molar-refractivity contribution is 6.30. The Balaban J connectivity index is 2.17. The molecule has 0 saturated carbocycles. The van der Waals surface area contributed by atoms with Crippen molar-refractivity contribution >= 4 is 29.0 Å². The summed E-state index contributed by atoms with van der Waals surface area (Å²) in [5.41, 5.74) is 6.82. The van der Waals surface area contributed by atoms with E-state index in [1.54, 1.807) is 19.1 Å². The summed E-state index contributed by atoms with van der Waals surface area (Å²) in [6, 6.07) is 3.22. The van der Waals surface area contributed by atoms with Gasteiger partial charge in [-0.2, -0.15) is 5.10 Å². The zero-order chi connectivity index (χ0) is 12.4. The second-order valence-corrected chi connectivity index (χ2v) is 3.86. The molecule has 2 aromatic heterocycles. The van der Waals surface area contributed by atoms with E-state index in [1.807, 2.05) is 0 Å². The quantitative estimate of drug-likeness (QED) is 0.755. The van der Waals surface area contributed by atoms with Gasteiger partial charge in [-0.05, 0) is 19.1 Å². The number of H-pyrrole nitrogens is 1. The number of aromatic nitrogens is 3. The van der Waals surface area contributed by atoms with E-state index >= 15 is 0 Å². The van der Waals surface area contributed by atoms with Gasteiger partial charge in [-0.15, -0.1) is 0 Å². The lowest BCUT2D eigenvalue weighted by Crippen LogP contribution is -2.15. The molecule has 0 radical (unpaired) electrons. The molecule has 0 saturated heterocycles. The maximum absolute atomic E-state index is 11.8. The number of amides is 1. The summed E-state index contributed by atoms with van der Waals surface area (Å²) in [7, 11) is 0. The summed E-state index contributed by atoms with van der Waals surface area (Å²) in [5, 5.41) is 9.52. The van der Waals surface area contributed by atoms with Crippen LogP contribution >= 0.6 is 11.6 Å². The van der Waals surface area contributed by atoms with E-state index in [-0.39, 0.29) is 5.69 Å². The smallest absolute Gasteiger partial charge is 0.279 e. The van der Waals surface area contributed by atoms with Crippen molar-refractivity contribution in [2.75, 3.05) is 11.1 Å². The van der Waals surface area contributed by atoms with Gasteiger partial charge < -0.3 is 11.1 Å². The van der Waals surface area contributed by atoms with Crippen LogP contribution in [0.3, 0.4) is 0 Å². The first-order chi connectivity index (χ1) is 8.08. The first-order valence-corrected chi connectivity index (χ1v) is 5.19. The summed E-state index contributed by atoms with van der Waals surface area (Å²) in [6.45, 7) is 1.74. The molecule has 2 rings (SSSR count). The highest BCUT2D eigenvalue weighted by atomic mass is 35.5. The molecule has 88 valence electrons. The van der Waals surface area contributed by atoms with Crippen molar-refractivity contribution in [3.05, 3.63) is 34.7 Å². The summed E-state index contributed by atoms with van der Waals surface area (Å²) in [5.74, 6) is -0.0267. The van der Waals surface area contributed by atoms with Crippen LogP contribution < -0.4 is 11.1 Å². The largest absolute Gasteiger partial charge is 0.395 e. The highest BCUT2D eigenvalue weighted by Gasteiger charge is 2.15. The van der Waals surface area contributed by atoms with Crippen molar-refractivity contribution in [3.63, 3.8) is 0 Å². The van der Waals surface area contributed by atoms with Gasteiger partial charge in [0.15, 0.2) is 5.69 Å². The van der Waals surface area contributed by atoms with E-state index in [1.165, 1.54) is 6.20 Å². The number of halogens is 1. The van der Waals surface area contributed by atoms with Crippen molar-refractivity contribution in [1.82, 2.24) is 15.2 Å². The Morgan fingerprint density at radius 3 is 2.82 bits per heavy atom. The molecule has 2 aromatic rings. The Bertz CT molecular complexity index is 548. The third kappa shape index (κ3) is 2.36. The number of nitrogens with one attached hydrogen (secondary N) is 2. The van der Waals surface area contributed by atoms with Crippen LogP contribution in [0.2, 0.25) is 5.02 Å². The van der Waals surface area contributed by atoms with E-state index in [4.69, 9.17) is 17.3 Å². The minimum Gasteiger partial charge on any atom is -0.395 e. The minimum atomic E-state index is -0.415. The molecule has 4 N–H and O–H groups in total. The molecule has 0 aliphatic carbocycles. The van der Waals surface area contributed by atoms with Crippen molar-refractivity contribution in [2.24, 2.45) is 0 Å². The number of carbonyl (C=O) groups excluding carboxylic acids is 1. The molecule has 7 heteroatoms. The van der Waals surface area contributed by atoms with Gasteiger partial charge in [-0.25, -0.2) is 4.98 Å². The van der Waals surface area contributed by atoms with Crippen LogP contribution in [0.1, 0.15) is 16.2 Å². The molecule has 17 heavy (non-hydrogen) atoms. The number of hydrogen-bond donors (Lipinski definition) is 3. The molecule has 6 nitrogen and oxygen atoms in total. The van der Waals surface area contributed by atoms with Crippen LogP contribution in [0.15, 0.2) is 18.3 Å². The van der Waals surface area contributed by atoms with Crippen LogP contribution in [0, 0.1) is 6.92 Å². The number of nitrogens with two attached hydrogens (primary N) is 1.